The van der Waals surface area contributed by atoms with Gasteiger partial charge in [0.05, 0.1) is 0 Å². The summed E-state index contributed by atoms with van der Waals surface area (Å²) in [5, 5.41) is 5.96. The van der Waals surface area contributed by atoms with E-state index >= 15 is 0 Å². The van der Waals surface area contributed by atoms with Crippen molar-refractivity contribution in [1.29, 1.82) is 0 Å². The van der Waals surface area contributed by atoms with Crippen molar-refractivity contribution >= 4 is 28.8 Å². The predicted octanol–water partition coefficient (Wildman–Crippen LogP) is 2.03. The maximum absolute atomic E-state index is 11.6. The van der Waals surface area contributed by atoms with Crippen LogP contribution in [0.1, 0.15) is 0 Å². The Morgan fingerprint density at radius 3 is 2.68 bits per heavy atom. The summed E-state index contributed by atoms with van der Waals surface area (Å²) < 4.78 is 0. The average molecular weight is 294 g/mol. The highest BCUT2D eigenvalue weighted by Gasteiger charge is 2.12. The molecule has 0 aliphatic rings. The molecule has 2 aromatic heterocycles. The monoisotopic (exact) mass is 294 g/mol. The van der Waals surface area contributed by atoms with Crippen LogP contribution in [-0.4, -0.2) is 28.0 Å². The highest BCUT2D eigenvalue weighted by atomic mass is 16.2. The molecule has 4 N–H and O–H groups in total. The number of rotatable bonds is 2. The average Bonchev–Trinajstić information content (AvgIpc) is 2.54. The normalized spacial score (nSPS) is 10.4. The van der Waals surface area contributed by atoms with Crippen molar-refractivity contribution in [2.45, 2.75) is 0 Å². The molecule has 0 atom stereocenters. The van der Waals surface area contributed by atoms with Crippen molar-refractivity contribution in [2.24, 2.45) is 0 Å². The molecule has 0 aliphatic heterocycles. The van der Waals surface area contributed by atoms with Gasteiger partial charge in [0.25, 0.3) is 0 Å². The fourth-order valence-corrected chi connectivity index (χ4v) is 2.08. The molecule has 0 unspecified atom stereocenters. The molecule has 2 heterocycles. The summed E-state index contributed by atoms with van der Waals surface area (Å²) >= 11 is 0. The number of carbonyl (C=O) groups is 1. The minimum absolute atomic E-state index is 0.137. The van der Waals surface area contributed by atoms with E-state index in [-0.39, 0.29) is 12.0 Å². The molecule has 2 amide bonds. The minimum atomic E-state index is -0.356. The maximum atomic E-state index is 11.6. The van der Waals surface area contributed by atoms with E-state index in [4.69, 9.17) is 5.73 Å². The van der Waals surface area contributed by atoms with Crippen LogP contribution in [0.15, 0.2) is 42.6 Å². The number of anilines is 2. The van der Waals surface area contributed by atoms with Crippen molar-refractivity contribution in [1.82, 2.24) is 20.3 Å². The zero-order valence-corrected chi connectivity index (χ0v) is 11.9. The van der Waals surface area contributed by atoms with E-state index in [0.29, 0.717) is 11.5 Å². The van der Waals surface area contributed by atoms with Crippen molar-refractivity contribution in [3.05, 3.63) is 42.6 Å². The van der Waals surface area contributed by atoms with Gasteiger partial charge in [0.1, 0.15) is 5.82 Å². The molecule has 0 spiro atoms. The number of aromatic nitrogens is 3. The van der Waals surface area contributed by atoms with Crippen LogP contribution in [0, 0.1) is 0 Å². The zero-order chi connectivity index (χ0) is 15.5. The first-order valence-corrected chi connectivity index (χ1v) is 6.65. The van der Waals surface area contributed by atoms with Gasteiger partial charge in [-0.3, -0.25) is 5.32 Å². The molecule has 0 saturated heterocycles. The zero-order valence-electron chi connectivity index (χ0n) is 11.9. The van der Waals surface area contributed by atoms with Crippen LogP contribution in [0.2, 0.25) is 0 Å². The van der Waals surface area contributed by atoms with Crippen LogP contribution < -0.4 is 16.4 Å². The summed E-state index contributed by atoms with van der Waals surface area (Å²) in [5.41, 5.74) is 7.73. The predicted molar refractivity (Wildman–Crippen MR) is 85.3 cm³/mol. The van der Waals surface area contributed by atoms with E-state index in [1.165, 1.54) is 0 Å². The molecule has 0 fully saturated rings. The van der Waals surface area contributed by atoms with Gasteiger partial charge >= 0.3 is 6.03 Å². The summed E-state index contributed by atoms with van der Waals surface area (Å²) in [6.45, 7) is 0. The molecule has 110 valence electrons. The molecular formula is C15H14N6O. The highest BCUT2D eigenvalue weighted by molar-refractivity contribution is 5.96. The quantitative estimate of drug-likeness (QED) is 0.670. The molecule has 0 radical (unpaired) electrons. The number of benzene rings is 1. The third kappa shape index (κ3) is 2.64. The number of hydrogen-bond donors (Lipinski definition) is 3. The number of pyridine rings is 1. The van der Waals surface area contributed by atoms with Crippen LogP contribution in [-0.2, 0) is 0 Å². The smallest absolute Gasteiger partial charge is 0.320 e. The van der Waals surface area contributed by atoms with Gasteiger partial charge in [-0.2, -0.15) is 4.98 Å². The number of amides is 2. The second kappa shape index (κ2) is 5.65. The number of hydrogen-bond acceptors (Lipinski definition) is 5. The van der Waals surface area contributed by atoms with Crippen LogP contribution in [0.5, 0.6) is 0 Å². The lowest BCUT2D eigenvalue weighted by Crippen LogP contribution is -2.25. The van der Waals surface area contributed by atoms with Crippen molar-refractivity contribution < 1.29 is 4.79 Å². The summed E-state index contributed by atoms with van der Waals surface area (Å²) in [4.78, 5) is 24.1. The number of fused-ring (bicyclic) bond motifs is 1. The Hall–Kier alpha value is -3.22. The minimum Gasteiger partial charge on any atom is -0.368 e. The van der Waals surface area contributed by atoms with Crippen LogP contribution in [0.4, 0.5) is 16.6 Å². The SMILES string of the molecule is CNC(=O)Nc1nc2nc(N)ncc2cc1-c1ccccc1. The summed E-state index contributed by atoms with van der Waals surface area (Å²) in [6.07, 6.45) is 1.61. The Morgan fingerprint density at radius 2 is 1.95 bits per heavy atom. The van der Waals surface area contributed by atoms with Gasteiger partial charge in [-0.05, 0) is 11.6 Å². The lowest BCUT2D eigenvalue weighted by atomic mass is 10.1. The molecule has 0 saturated carbocycles. The fraction of sp³-hybridized carbons (Fsp3) is 0.0667. The van der Waals surface area contributed by atoms with E-state index in [2.05, 4.69) is 25.6 Å². The second-order valence-electron chi connectivity index (χ2n) is 4.60. The molecule has 22 heavy (non-hydrogen) atoms. The third-order valence-corrected chi connectivity index (χ3v) is 3.13. The second-order valence-corrected chi connectivity index (χ2v) is 4.60. The molecule has 1 aromatic carbocycles. The highest BCUT2D eigenvalue weighted by Crippen LogP contribution is 2.29. The molecule has 0 bridgehead atoms. The Kier molecular flexibility index (Phi) is 3.53. The molecule has 0 aliphatic carbocycles. The van der Waals surface area contributed by atoms with Gasteiger partial charge in [0.15, 0.2) is 5.65 Å². The van der Waals surface area contributed by atoms with E-state index in [1.54, 1.807) is 13.2 Å². The topological polar surface area (TPSA) is 106 Å². The van der Waals surface area contributed by atoms with Crippen LogP contribution >= 0.6 is 0 Å². The number of urea groups is 1. The first-order valence-electron chi connectivity index (χ1n) is 6.65. The van der Waals surface area contributed by atoms with Gasteiger partial charge < -0.3 is 11.1 Å². The number of nitrogen functional groups attached to an aromatic ring is 1. The van der Waals surface area contributed by atoms with Crippen molar-refractivity contribution in [2.75, 3.05) is 18.1 Å². The number of nitrogens with one attached hydrogen (secondary N) is 2. The molecule has 3 aromatic rings. The summed E-state index contributed by atoms with van der Waals surface area (Å²) in [5.74, 6) is 0.550. The number of carbonyl (C=O) groups excluding carboxylic acids is 1. The standard InChI is InChI=1S/C15H14N6O/c1-17-15(22)21-13-11(9-5-3-2-4-6-9)7-10-8-18-14(16)20-12(10)19-13/h2-8H,1H3,(H4,16,17,18,19,20,21,22). The molecule has 3 rings (SSSR count). The number of nitrogens with two attached hydrogens (primary N) is 1. The molecule has 7 heteroatoms. The van der Waals surface area contributed by atoms with Gasteiger partial charge in [0.2, 0.25) is 5.95 Å². The largest absolute Gasteiger partial charge is 0.368 e. The lowest BCUT2D eigenvalue weighted by molar-refractivity contribution is 0.254. The molecule has 7 nitrogen and oxygen atoms in total. The first-order chi connectivity index (χ1) is 10.7. The first kappa shape index (κ1) is 13.7. The van der Waals surface area contributed by atoms with Crippen molar-refractivity contribution in [3.8, 4) is 11.1 Å². The van der Waals surface area contributed by atoms with Crippen LogP contribution in [0.3, 0.4) is 0 Å². The maximum Gasteiger partial charge on any atom is 0.320 e. The van der Waals surface area contributed by atoms with Crippen molar-refractivity contribution in [3.63, 3.8) is 0 Å². The van der Waals surface area contributed by atoms with Gasteiger partial charge in [-0.1, -0.05) is 30.3 Å². The Bertz CT molecular complexity index is 834. The Morgan fingerprint density at radius 1 is 1.18 bits per heavy atom. The summed E-state index contributed by atoms with van der Waals surface area (Å²) in [7, 11) is 1.54. The van der Waals surface area contributed by atoms with Gasteiger partial charge in [-0.15, -0.1) is 0 Å². The Balaban J connectivity index is 2.21. The summed E-state index contributed by atoms with van der Waals surface area (Å²) in [6, 6.07) is 11.2. The third-order valence-electron chi connectivity index (χ3n) is 3.13. The fourth-order valence-electron chi connectivity index (χ4n) is 2.08. The number of nitrogens with zero attached hydrogens (tertiary/aromatic N) is 3. The van der Waals surface area contributed by atoms with Crippen LogP contribution in [0.25, 0.3) is 22.2 Å². The van der Waals surface area contributed by atoms with E-state index in [9.17, 15) is 4.79 Å². The lowest BCUT2D eigenvalue weighted by Gasteiger charge is -2.11. The van der Waals surface area contributed by atoms with E-state index in [1.807, 2.05) is 36.4 Å². The van der Waals surface area contributed by atoms with E-state index < -0.39 is 0 Å². The van der Waals surface area contributed by atoms with Gasteiger partial charge in [-0.25, -0.2) is 14.8 Å². The van der Waals surface area contributed by atoms with E-state index in [0.717, 1.165) is 16.5 Å². The van der Waals surface area contributed by atoms with Gasteiger partial charge in [0, 0.05) is 24.2 Å². The molecular weight excluding hydrogens is 280 g/mol. The Labute approximate surface area is 126 Å².